The van der Waals surface area contributed by atoms with Crippen molar-refractivity contribution in [2.45, 2.75) is 40.8 Å². The minimum absolute atomic E-state index is 0.0879. The molecule has 164 valence electrons. The maximum absolute atomic E-state index is 11.6. The lowest BCUT2D eigenvalue weighted by atomic mass is 9.76. The van der Waals surface area contributed by atoms with Crippen molar-refractivity contribution in [2.75, 3.05) is 5.32 Å². The summed E-state index contributed by atoms with van der Waals surface area (Å²) in [6.07, 6.45) is 0.895. The monoisotopic (exact) mass is 576 g/mol. The van der Waals surface area contributed by atoms with Crippen LogP contribution in [0.1, 0.15) is 35.1 Å². The molecule has 1 heterocycles. The molecule has 3 aromatic rings. The number of halogens is 2. The number of anilines is 1. The Hall–Kier alpha value is -1.77. The van der Waals surface area contributed by atoms with Gasteiger partial charge in [-0.25, -0.2) is 0 Å². The second kappa shape index (κ2) is 8.88. The molecule has 1 aliphatic heterocycles. The van der Waals surface area contributed by atoms with Gasteiger partial charge in [0, 0.05) is 26.5 Å². The minimum Gasteiger partial charge on any atom is -0.377 e. The predicted molar refractivity (Wildman–Crippen MR) is 140 cm³/mol. The van der Waals surface area contributed by atoms with Gasteiger partial charge < -0.3 is 5.32 Å². The number of nitrogens with one attached hydrogen (secondary N) is 1. The zero-order valence-corrected chi connectivity index (χ0v) is 21.1. The van der Waals surface area contributed by atoms with Gasteiger partial charge in [0.2, 0.25) is 0 Å². The standard InChI is InChI=1S/C25H22ClIN2O2S/c1-14-11-16(27)12-17-22-18(25(28-24(14)17)15-7-3-2-4-8-15)13-21(23(22)26)32-20-10-6-5-9-19(20)29(30)31/h2-12,18,21-23,25,28H,13H2,1H3/t18-,21+,22+,23+,25-/m0/s1. The molecule has 3 aromatic carbocycles. The number of nitrogens with zero attached hydrogens (tertiary/aromatic N) is 1. The normalized spacial score (nSPS) is 26.2. The summed E-state index contributed by atoms with van der Waals surface area (Å²) in [6, 6.07) is 22.1. The van der Waals surface area contributed by atoms with E-state index in [1.54, 1.807) is 23.9 Å². The van der Waals surface area contributed by atoms with Gasteiger partial charge >= 0.3 is 0 Å². The van der Waals surface area contributed by atoms with Gasteiger partial charge in [-0.15, -0.1) is 23.4 Å². The van der Waals surface area contributed by atoms with Crippen LogP contribution in [0.15, 0.2) is 71.6 Å². The van der Waals surface area contributed by atoms with Crippen molar-refractivity contribution in [3.8, 4) is 0 Å². The lowest BCUT2D eigenvalue weighted by molar-refractivity contribution is -0.387. The highest BCUT2D eigenvalue weighted by atomic mass is 127. The molecule has 0 unspecified atom stereocenters. The highest BCUT2D eigenvalue weighted by molar-refractivity contribution is 14.1. The number of nitro groups is 1. The summed E-state index contributed by atoms with van der Waals surface area (Å²) in [6.45, 7) is 2.15. The lowest BCUT2D eigenvalue weighted by Crippen LogP contribution is -2.31. The van der Waals surface area contributed by atoms with Gasteiger partial charge in [-0.05, 0) is 76.7 Å². The Morgan fingerprint density at radius 2 is 1.84 bits per heavy atom. The summed E-state index contributed by atoms with van der Waals surface area (Å²) in [4.78, 5) is 11.9. The van der Waals surface area contributed by atoms with Gasteiger partial charge in [0.25, 0.3) is 5.69 Å². The SMILES string of the molecule is Cc1cc(I)cc2c1N[C@@H](c1ccccc1)[C@H]1C[C@@H](Sc3ccccc3[N+](=O)[O-])[C@@H](Cl)[C@H]21. The summed E-state index contributed by atoms with van der Waals surface area (Å²) in [5.74, 6) is 0.497. The molecule has 0 amide bonds. The average molecular weight is 577 g/mol. The van der Waals surface area contributed by atoms with Gasteiger partial charge in [0.1, 0.15) is 0 Å². The van der Waals surface area contributed by atoms with Crippen molar-refractivity contribution < 1.29 is 4.92 Å². The summed E-state index contributed by atoms with van der Waals surface area (Å²) < 4.78 is 1.20. The van der Waals surface area contributed by atoms with Crippen molar-refractivity contribution in [1.82, 2.24) is 0 Å². The van der Waals surface area contributed by atoms with E-state index in [4.69, 9.17) is 11.6 Å². The van der Waals surface area contributed by atoms with Crippen molar-refractivity contribution in [3.63, 3.8) is 0 Å². The summed E-state index contributed by atoms with van der Waals surface area (Å²) in [5, 5.41) is 15.4. The second-order valence-corrected chi connectivity index (χ2v) is 11.5. The molecule has 5 atom stereocenters. The van der Waals surface area contributed by atoms with Crippen molar-refractivity contribution in [2.24, 2.45) is 5.92 Å². The van der Waals surface area contributed by atoms with Gasteiger partial charge in [0.15, 0.2) is 0 Å². The van der Waals surface area contributed by atoms with Gasteiger partial charge in [-0.1, -0.05) is 42.5 Å². The number of nitro benzene ring substituents is 1. The molecule has 7 heteroatoms. The summed E-state index contributed by atoms with van der Waals surface area (Å²) in [5.41, 5.74) is 5.09. The summed E-state index contributed by atoms with van der Waals surface area (Å²) >= 11 is 11.1. The zero-order chi connectivity index (χ0) is 22.4. The highest BCUT2D eigenvalue weighted by Crippen LogP contribution is 2.58. The fourth-order valence-electron chi connectivity index (χ4n) is 5.22. The Morgan fingerprint density at radius 3 is 2.59 bits per heavy atom. The van der Waals surface area contributed by atoms with Gasteiger partial charge in [-0.2, -0.15) is 0 Å². The Balaban J connectivity index is 1.56. The first-order chi connectivity index (χ1) is 15.4. The quantitative estimate of drug-likeness (QED) is 0.151. The van der Waals surface area contributed by atoms with Crippen LogP contribution in [-0.2, 0) is 0 Å². The van der Waals surface area contributed by atoms with Crippen LogP contribution in [0.3, 0.4) is 0 Å². The third-order valence-electron chi connectivity index (χ3n) is 6.58. The lowest BCUT2D eigenvalue weighted by Gasteiger charge is -2.39. The molecule has 1 saturated carbocycles. The Labute approximate surface area is 210 Å². The largest absolute Gasteiger partial charge is 0.377 e. The summed E-state index contributed by atoms with van der Waals surface area (Å²) in [7, 11) is 0. The van der Waals surface area contributed by atoms with Crippen LogP contribution in [-0.4, -0.2) is 15.6 Å². The number of fused-ring (bicyclic) bond motifs is 3. The van der Waals surface area contributed by atoms with Crippen molar-refractivity contribution >= 4 is 57.3 Å². The first-order valence-electron chi connectivity index (χ1n) is 10.6. The number of alkyl halides is 1. The molecule has 32 heavy (non-hydrogen) atoms. The fourth-order valence-corrected chi connectivity index (χ4v) is 7.97. The van der Waals surface area contributed by atoms with Gasteiger partial charge in [0.05, 0.1) is 21.2 Å². The zero-order valence-electron chi connectivity index (χ0n) is 17.4. The van der Waals surface area contributed by atoms with Crippen molar-refractivity contribution in [3.05, 3.63) is 97.1 Å². The molecular weight excluding hydrogens is 555 g/mol. The topological polar surface area (TPSA) is 55.2 Å². The van der Waals surface area contributed by atoms with E-state index >= 15 is 0 Å². The van der Waals surface area contributed by atoms with E-state index in [-0.39, 0.29) is 33.2 Å². The maximum atomic E-state index is 11.6. The maximum Gasteiger partial charge on any atom is 0.282 e. The molecule has 0 saturated heterocycles. The third kappa shape index (κ3) is 3.90. The fraction of sp³-hybridized carbons (Fsp3) is 0.280. The van der Waals surface area contributed by atoms with Crippen LogP contribution in [0.2, 0.25) is 0 Å². The van der Waals surface area contributed by atoms with Crippen LogP contribution in [0.5, 0.6) is 0 Å². The molecule has 5 rings (SSSR count). The predicted octanol–water partition coefficient (Wildman–Crippen LogP) is 7.55. The Bertz CT molecular complexity index is 1180. The number of para-hydroxylation sites is 1. The molecule has 0 bridgehead atoms. The van der Waals surface area contributed by atoms with E-state index < -0.39 is 0 Å². The molecule has 0 spiro atoms. The molecule has 2 aliphatic rings. The molecule has 4 nitrogen and oxygen atoms in total. The van der Waals surface area contributed by atoms with Crippen LogP contribution in [0.25, 0.3) is 0 Å². The number of hydrogen-bond acceptors (Lipinski definition) is 4. The van der Waals surface area contributed by atoms with Crippen molar-refractivity contribution in [1.29, 1.82) is 0 Å². The van der Waals surface area contributed by atoms with E-state index in [0.29, 0.717) is 10.8 Å². The van der Waals surface area contributed by atoms with E-state index in [0.717, 1.165) is 6.42 Å². The number of aryl methyl sites for hydroxylation is 1. The molecule has 0 aromatic heterocycles. The molecule has 1 aliphatic carbocycles. The molecule has 1 fully saturated rings. The minimum atomic E-state index is -0.303. The van der Waals surface area contributed by atoms with Crippen LogP contribution in [0, 0.1) is 26.5 Å². The smallest absolute Gasteiger partial charge is 0.282 e. The third-order valence-corrected chi connectivity index (χ3v) is 9.32. The van der Waals surface area contributed by atoms with E-state index in [9.17, 15) is 10.1 Å². The van der Waals surface area contributed by atoms with Gasteiger partial charge in [-0.3, -0.25) is 10.1 Å². The Kier molecular flexibility index (Phi) is 6.11. The number of thioether (sulfide) groups is 1. The van der Waals surface area contributed by atoms with Crippen LogP contribution >= 0.6 is 46.0 Å². The van der Waals surface area contributed by atoms with Crippen LogP contribution < -0.4 is 5.32 Å². The molecule has 1 N–H and O–H groups in total. The van der Waals surface area contributed by atoms with E-state index in [1.165, 1.54) is 25.9 Å². The average Bonchev–Trinajstić information content (AvgIpc) is 3.10. The number of benzene rings is 3. The van der Waals surface area contributed by atoms with E-state index in [1.807, 2.05) is 18.2 Å². The highest BCUT2D eigenvalue weighted by Gasteiger charge is 2.50. The first kappa shape index (κ1) is 22.0. The number of rotatable bonds is 4. The number of hydrogen-bond donors (Lipinski definition) is 1. The Morgan fingerprint density at radius 1 is 1.12 bits per heavy atom. The molecular formula is C25H22ClIN2O2S. The molecule has 0 radical (unpaired) electrons. The van der Waals surface area contributed by atoms with E-state index in [2.05, 4.69) is 71.2 Å². The second-order valence-electron chi connectivity index (χ2n) is 8.47. The van der Waals surface area contributed by atoms with Crippen LogP contribution in [0.4, 0.5) is 11.4 Å². The first-order valence-corrected chi connectivity index (χ1v) is 13.0.